The minimum absolute atomic E-state index is 0.0423. The van der Waals surface area contributed by atoms with Crippen molar-refractivity contribution in [1.29, 1.82) is 0 Å². The number of fused-ring (bicyclic) bond motifs is 3. The van der Waals surface area contributed by atoms with Crippen molar-refractivity contribution in [2.45, 2.75) is 31.3 Å². The number of rotatable bonds is 2. The number of nitrogens with zero attached hydrogens (tertiary/aromatic N) is 1. The topological polar surface area (TPSA) is 52.6 Å². The van der Waals surface area contributed by atoms with E-state index in [-0.39, 0.29) is 24.6 Å². The number of halogens is 1. The first-order valence-corrected chi connectivity index (χ1v) is 8.45. The Morgan fingerprint density at radius 2 is 2.19 bits per heavy atom. The van der Waals surface area contributed by atoms with Gasteiger partial charge in [0.1, 0.15) is 0 Å². The predicted octanol–water partition coefficient (Wildman–Crippen LogP) is 2.54. The van der Waals surface area contributed by atoms with E-state index in [0.29, 0.717) is 11.8 Å². The third-order valence-corrected chi connectivity index (χ3v) is 5.53. The van der Waals surface area contributed by atoms with Crippen LogP contribution in [0.25, 0.3) is 0 Å². The molecule has 1 amide bonds. The molecule has 5 heteroatoms. The fraction of sp³-hybridized carbons (Fsp3) is 0.562. The molecule has 112 valence electrons. The van der Waals surface area contributed by atoms with E-state index in [2.05, 4.69) is 32.2 Å². The van der Waals surface area contributed by atoms with Crippen LogP contribution in [-0.2, 0) is 4.79 Å². The highest BCUT2D eigenvalue weighted by atomic mass is 79.9. The maximum absolute atomic E-state index is 12.6. The van der Waals surface area contributed by atoms with Gasteiger partial charge < -0.3 is 15.3 Å². The van der Waals surface area contributed by atoms with E-state index in [1.165, 1.54) is 5.56 Å². The molecule has 0 unspecified atom stereocenters. The molecule has 0 aromatic heterocycles. The van der Waals surface area contributed by atoms with Gasteiger partial charge in [-0.05, 0) is 43.0 Å². The van der Waals surface area contributed by atoms with Gasteiger partial charge in [0.05, 0.1) is 18.7 Å². The van der Waals surface area contributed by atoms with E-state index in [1.807, 2.05) is 12.1 Å². The van der Waals surface area contributed by atoms with Crippen LogP contribution in [0.1, 0.15) is 30.9 Å². The fourth-order valence-electron chi connectivity index (χ4n) is 3.85. The lowest BCUT2D eigenvalue weighted by Crippen LogP contribution is -2.43. The third-order valence-electron chi connectivity index (χ3n) is 5.04. The number of likely N-dealkylation sites (tertiary alicyclic amines) is 1. The molecule has 4 nitrogen and oxygen atoms in total. The summed E-state index contributed by atoms with van der Waals surface area (Å²) >= 11 is 3.54. The molecule has 0 spiro atoms. The zero-order valence-electron chi connectivity index (χ0n) is 11.8. The van der Waals surface area contributed by atoms with Gasteiger partial charge in [0, 0.05) is 28.5 Å². The van der Waals surface area contributed by atoms with Crippen LogP contribution in [0.3, 0.4) is 0 Å². The fourth-order valence-corrected chi connectivity index (χ4v) is 4.22. The van der Waals surface area contributed by atoms with E-state index in [4.69, 9.17) is 0 Å². The van der Waals surface area contributed by atoms with Crippen LogP contribution in [0.4, 0.5) is 5.69 Å². The molecular formula is C16H19BrN2O2. The van der Waals surface area contributed by atoms with E-state index in [1.54, 1.807) is 0 Å². The van der Waals surface area contributed by atoms with Crippen LogP contribution < -0.4 is 5.32 Å². The first kappa shape index (κ1) is 13.6. The van der Waals surface area contributed by atoms with Crippen molar-refractivity contribution in [2.75, 3.05) is 18.5 Å². The maximum atomic E-state index is 12.6. The van der Waals surface area contributed by atoms with Gasteiger partial charge in [0.15, 0.2) is 0 Å². The monoisotopic (exact) mass is 350 g/mol. The predicted molar refractivity (Wildman–Crippen MR) is 83.9 cm³/mol. The van der Waals surface area contributed by atoms with Gasteiger partial charge in [0.25, 0.3) is 0 Å². The van der Waals surface area contributed by atoms with Gasteiger partial charge in [-0.1, -0.05) is 15.9 Å². The summed E-state index contributed by atoms with van der Waals surface area (Å²) in [6, 6.07) is 6.31. The van der Waals surface area contributed by atoms with Crippen LogP contribution in [0.2, 0.25) is 0 Å². The molecule has 3 atom stereocenters. The standard InChI is InChI=1S/C16H19BrN2O2/c17-10-3-4-13-12(7-10)15-11(14(8-20)18-13)5-6-19(15)16(21)9-1-2-9/h3-4,7,9,11,14-15,18,20H,1-2,5-6,8H2/t11-,14+,15-/m0/s1. The lowest BCUT2D eigenvalue weighted by molar-refractivity contribution is -0.134. The van der Waals surface area contributed by atoms with Crippen LogP contribution in [-0.4, -0.2) is 35.1 Å². The summed E-state index contributed by atoms with van der Waals surface area (Å²) in [5.74, 6) is 0.869. The van der Waals surface area contributed by atoms with Crippen LogP contribution in [0.5, 0.6) is 0 Å². The smallest absolute Gasteiger partial charge is 0.226 e. The maximum Gasteiger partial charge on any atom is 0.226 e. The summed E-state index contributed by atoms with van der Waals surface area (Å²) in [5.41, 5.74) is 2.24. The van der Waals surface area contributed by atoms with Crippen molar-refractivity contribution in [1.82, 2.24) is 4.90 Å². The zero-order chi connectivity index (χ0) is 14.6. The van der Waals surface area contributed by atoms with E-state index in [9.17, 15) is 9.90 Å². The largest absolute Gasteiger partial charge is 0.394 e. The second-order valence-electron chi connectivity index (χ2n) is 6.37. The summed E-state index contributed by atoms with van der Waals surface area (Å²) in [7, 11) is 0. The zero-order valence-corrected chi connectivity index (χ0v) is 13.3. The quantitative estimate of drug-likeness (QED) is 0.861. The number of hydrogen-bond acceptors (Lipinski definition) is 3. The average molecular weight is 351 g/mol. The number of benzene rings is 1. The highest BCUT2D eigenvalue weighted by Crippen LogP contribution is 2.48. The number of aliphatic hydroxyl groups is 1. The van der Waals surface area contributed by atoms with Crippen molar-refractivity contribution >= 4 is 27.5 Å². The van der Waals surface area contributed by atoms with Gasteiger partial charge in [-0.2, -0.15) is 0 Å². The highest BCUT2D eigenvalue weighted by Gasteiger charge is 2.48. The molecule has 1 saturated heterocycles. The number of carbonyl (C=O) groups excluding carboxylic acids is 1. The molecule has 2 N–H and O–H groups in total. The molecule has 0 bridgehead atoms. The Morgan fingerprint density at radius 3 is 2.90 bits per heavy atom. The molecule has 2 aliphatic heterocycles. The highest BCUT2D eigenvalue weighted by molar-refractivity contribution is 9.10. The van der Waals surface area contributed by atoms with Crippen LogP contribution in [0, 0.1) is 11.8 Å². The number of aliphatic hydroxyl groups excluding tert-OH is 1. The van der Waals surface area contributed by atoms with E-state index >= 15 is 0 Å². The molecular weight excluding hydrogens is 332 g/mol. The van der Waals surface area contributed by atoms with Crippen molar-refractivity contribution in [3.8, 4) is 0 Å². The normalized spacial score (nSPS) is 30.6. The lowest BCUT2D eigenvalue weighted by Gasteiger charge is -2.39. The third kappa shape index (κ3) is 2.18. The van der Waals surface area contributed by atoms with Crippen molar-refractivity contribution < 1.29 is 9.90 Å². The van der Waals surface area contributed by atoms with Crippen molar-refractivity contribution in [3.05, 3.63) is 28.2 Å². The van der Waals surface area contributed by atoms with Crippen LogP contribution >= 0.6 is 15.9 Å². The molecule has 1 aliphatic carbocycles. The Balaban J connectivity index is 1.75. The van der Waals surface area contributed by atoms with Gasteiger partial charge in [-0.3, -0.25) is 4.79 Å². The Kier molecular flexibility index (Phi) is 3.23. The Bertz CT molecular complexity index is 588. The molecule has 21 heavy (non-hydrogen) atoms. The number of hydrogen-bond donors (Lipinski definition) is 2. The Hall–Kier alpha value is -1.07. The van der Waals surface area contributed by atoms with Gasteiger partial charge in [-0.15, -0.1) is 0 Å². The number of anilines is 1. The molecule has 4 rings (SSSR count). The van der Waals surface area contributed by atoms with Gasteiger partial charge in [0.2, 0.25) is 5.91 Å². The Labute approximate surface area is 132 Å². The molecule has 2 heterocycles. The first-order chi connectivity index (χ1) is 10.2. The summed E-state index contributed by atoms with van der Waals surface area (Å²) in [6.45, 7) is 0.928. The Morgan fingerprint density at radius 1 is 1.38 bits per heavy atom. The van der Waals surface area contributed by atoms with E-state index in [0.717, 1.165) is 36.0 Å². The second kappa shape index (κ2) is 4.99. The molecule has 2 fully saturated rings. The summed E-state index contributed by atoms with van der Waals surface area (Å²) in [4.78, 5) is 14.7. The SMILES string of the molecule is O=C(C1CC1)N1CC[C@@H]2[C@H]1c1cc(Br)ccc1N[C@@H]2CO. The molecule has 1 aromatic carbocycles. The van der Waals surface area contributed by atoms with Crippen molar-refractivity contribution in [3.63, 3.8) is 0 Å². The number of amides is 1. The summed E-state index contributed by atoms with van der Waals surface area (Å²) < 4.78 is 1.04. The first-order valence-electron chi connectivity index (χ1n) is 7.66. The average Bonchev–Trinajstić information content (AvgIpc) is 3.24. The lowest BCUT2D eigenvalue weighted by atomic mass is 9.83. The molecule has 1 aromatic rings. The van der Waals surface area contributed by atoms with E-state index < -0.39 is 0 Å². The second-order valence-corrected chi connectivity index (χ2v) is 7.28. The summed E-state index contributed by atoms with van der Waals surface area (Å²) in [5, 5.41) is 13.1. The van der Waals surface area contributed by atoms with Crippen molar-refractivity contribution in [2.24, 2.45) is 11.8 Å². The number of nitrogens with one attached hydrogen (secondary N) is 1. The molecule has 3 aliphatic rings. The minimum Gasteiger partial charge on any atom is -0.394 e. The number of carbonyl (C=O) groups is 1. The molecule has 0 radical (unpaired) electrons. The summed E-state index contributed by atoms with van der Waals surface area (Å²) in [6.07, 6.45) is 3.05. The molecule has 1 saturated carbocycles. The van der Waals surface area contributed by atoms with Crippen LogP contribution in [0.15, 0.2) is 22.7 Å². The minimum atomic E-state index is 0.0423. The van der Waals surface area contributed by atoms with Gasteiger partial charge >= 0.3 is 0 Å². The van der Waals surface area contributed by atoms with Gasteiger partial charge in [-0.25, -0.2) is 0 Å².